The van der Waals surface area contributed by atoms with E-state index in [4.69, 9.17) is 0 Å². The third kappa shape index (κ3) is 6.57. The van der Waals surface area contributed by atoms with Crippen LogP contribution in [-0.4, -0.2) is 41.2 Å². The van der Waals surface area contributed by atoms with Gasteiger partial charge in [-0.15, -0.1) is 0 Å². The van der Waals surface area contributed by atoms with Crippen molar-refractivity contribution in [3.05, 3.63) is 83.1 Å². The lowest BCUT2D eigenvalue weighted by Crippen LogP contribution is -2.22. The predicted molar refractivity (Wildman–Crippen MR) is 127 cm³/mol. The molecule has 3 aromatic rings. The zero-order valence-electron chi connectivity index (χ0n) is 18.0. The quantitative estimate of drug-likeness (QED) is 0.320. The average molecular weight is 453 g/mol. The number of likely N-dealkylation sites (N-methyl/N-ethyl adjacent to an activating group) is 1. The average Bonchev–Trinajstić information content (AvgIpc) is 3.27. The van der Waals surface area contributed by atoms with Crippen molar-refractivity contribution in [2.45, 2.75) is 13.8 Å². The maximum atomic E-state index is 13.0. The summed E-state index contributed by atoms with van der Waals surface area (Å²) in [4.78, 5) is 31.5. The van der Waals surface area contributed by atoms with Gasteiger partial charge in [-0.3, -0.25) is 9.59 Å². The van der Waals surface area contributed by atoms with E-state index in [1.54, 1.807) is 30.3 Å². The molecule has 0 aliphatic carbocycles. The molecule has 0 spiro atoms. The standard InChI is InChI=1S/C24H25FN4O2S/c1-3-29(4-2)15-5-6-21(30)17-7-11-20(12-8-17)28-24-26-16-22(32-24)23(31)27-19-13-9-18(25)10-14-19/h5-14,16H,3-4,15H2,1-2H3,(H,26,28)(H,27,31)/b6-5+. The molecule has 0 saturated carbocycles. The first-order chi connectivity index (χ1) is 15.5. The molecule has 32 heavy (non-hydrogen) atoms. The van der Waals surface area contributed by atoms with Crippen molar-refractivity contribution in [2.75, 3.05) is 30.3 Å². The van der Waals surface area contributed by atoms with Crippen LogP contribution in [0.1, 0.15) is 33.9 Å². The Balaban J connectivity index is 1.56. The number of hydrogen-bond donors (Lipinski definition) is 2. The zero-order valence-corrected chi connectivity index (χ0v) is 18.8. The maximum absolute atomic E-state index is 13.0. The summed E-state index contributed by atoms with van der Waals surface area (Å²) < 4.78 is 13.0. The molecule has 0 bridgehead atoms. The van der Waals surface area contributed by atoms with E-state index in [-0.39, 0.29) is 17.5 Å². The lowest BCUT2D eigenvalue weighted by Gasteiger charge is -2.14. The first-order valence-corrected chi connectivity index (χ1v) is 11.1. The molecule has 0 saturated heterocycles. The molecule has 3 rings (SSSR count). The Hall–Kier alpha value is -3.36. The summed E-state index contributed by atoms with van der Waals surface area (Å²) in [5.74, 6) is -0.729. The van der Waals surface area contributed by atoms with Gasteiger partial charge in [-0.05, 0) is 67.7 Å². The normalized spacial score (nSPS) is 11.1. The molecular formula is C24H25FN4O2S. The van der Waals surface area contributed by atoms with E-state index in [0.29, 0.717) is 21.3 Å². The van der Waals surface area contributed by atoms with Gasteiger partial charge in [0.1, 0.15) is 10.7 Å². The topological polar surface area (TPSA) is 74.3 Å². The fourth-order valence-electron chi connectivity index (χ4n) is 2.89. The van der Waals surface area contributed by atoms with Crippen LogP contribution in [-0.2, 0) is 0 Å². The number of nitrogens with zero attached hydrogens (tertiary/aromatic N) is 2. The van der Waals surface area contributed by atoms with E-state index in [2.05, 4.69) is 34.4 Å². The van der Waals surface area contributed by atoms with Crippen LogP contribution in [0.25, 0.3) is 0 Å². The van der Waals surface area contributed by atoms with Crippen molar-refractivity contribution in [3.8, 4) is 0 Å². The summed E-state index contributed by atoms with van der Waals surface area (Å²) in [6.45, 7) is 6.82. The molecule has 0 radical (unpaired) electrons. The maximum Gasteiger partial charge on any atom is 0.267 e. The number of amides is 1. The molecule has 1 aromatic heterocycles. The minimum atomic E-state index is -0.365. The van der Waals surface area contributed by atoms with Crippen LogP contribution >= 0.6 is 11.3 Å². The molecular weight excluding hydrogens is 427 g/mol. The fraction of sp³-hybridized carbons (Fsp3) is 0.208. The van der Waals surface area contributed by atoms with Crippen molar-refractivity contribution in [1.29, 1.82) is 0 Å². The highest BCUT2D eigenvalue weighted by atomic mass is 32.1. The molecule has 0 atom stereocenters. The summed E-state index contributed by atoms with van der Waals surface area (Å²) >= 11 is 1.20. The van der Waals surface area contributed by atoms with Crippen molar-refractivity contribution < 1.29 is 14.0 Å². The summed E-state index contributed by atoms with van der Waals surface area (Å²) in [7, 11) is 0. The highest BCUT2D eigenvalue weighted by molar-refractivity contribution is 7.17. The summed E-state index contributed by atoms with van der Waals surface area (Å²) in [6.07, 6.45) is 4.97. The van der Waals surface area contributed by atoms with E-state index < -0.39 is 0 Å². The molecule has 1 amide bonds. The second kappa shape index (κ2) is 11.3. The van der Waals surface area contributed by atoms with E-state index in [1.807, 2.05) is 6.08 Å². The van der Waals surface area contributed by atoms with Crippen LogP contribution in [0.4, 0.5) is 20.9 Å². The van der Waals surface area contributed by atoms with Gasteiger partial charge in [0.2, 0.25) is 0 Å². The number of carbonyl (C=O) groups excluding carboxylic acids is 2. The predicted octanol–water partition coefficient (Wildman–Crippen LogP) is 5.36. The first-order valence-electron chi connectivity index (χ1n) is 10.3. The van der Waals surface area contributed by atoms with Crippen molar-refractivity contribution in [3.63, 3.8) is 0 Å². The van der Waals surface area contributed by atoms with Gasteiger partial charge in [0.25, 0.3) is 5.91 Å². The Kier molecular flexibility index (Phi) is 8.24. The van der Waals surface area contributed by atoms with Gasteiger partial charge in [-0.2, -0.15) is 0 Å². The van der Waals surface area contributed by atoms with Crippen LogP contribution in [0, 0.1) is 5.82 Å². The first kappa shape index (κ1) is 23.3. The largest absolute Gasteiger partial charge is 0.332 e. The molecule has 0 aliphatic rings. The minimum Gasteiger partial charge on any atom is -0.332 e. The Bertz CT molecular complexity index is 1070. The molecule has 0 aliphatic heterocycles. The molecule has 8 heteroatoms. The molecule has 2 N–H and O–H groups in total. The second-order valence-electron chi connectivity index (χ2n) is 6.95. The lowest BCUT2D eigenvalue weighted by atomic mass is 10.1. The third-order valence-corrected chi connectivity index (χ3v) is 5.69. The van der Waals surface area contributed by atoms with Gasteiger partial charge in [0.15, 0.2) is 10.9 Å². The van der Waals surface area contributed by atoms with E-state index in [0.717, 1.165) is 25.3 Å². The van der Waals surface area contributed by atoms with Crippen LogP contribution in [0.15, 0.2) is 66.9 Å². The van der Waals surface area contributed by atoms with Crippen molar-refractivity contribution in [2.24, 2.45) is 0 Å². The number of rotatable bonds is 10. The van der Waals surface area contributed by atoms with Gasteiger partial charge >= 0.3 is 0 Å². The van der Waals surface area contributed by atoms with Gasteiger partial charge < -0.3 is 15.5 Å². The minimum absolute atomic E-state index is 0.0438. The number of hydrogen-bond acceptors (Lipinski definition) is 6. The van der Waals surface area contributed by atoms with E-state index in [9.17, 15) is 14.0 Å². The highest BCUT2D eigenvalue weighted by Crippen LogP contribution is 2.24. The summed E-state index contributed by atoms with van der Waals surface area (Å²) in [5.41, 5.74) is 1.86. The number of nitrogens with one attached hydrogen (secondary N) is 2. The Labute approximate surface area is 190 Å². The number of ketones is 1. The molecule has 0 fully saturated rings. The fourth-order valence-corrected chi connectivity index (χ4v) is 3.62. The number of allylic oxidation sites excluding steroid dienone is 1. The molecule has 166 valence electrons. The van der Waals surface area contributed by atoms with Gasteiger partial charge in [-0.1, -0.05) is 31.3 Å². The molecule has 6 nitrogen and oxygen atoms in total. The van der Waals surface area contributed by atoms with E-state index in [1.165, 1.54) is 41.8 Å². The number of benzene rings is 2. The Morgan fingerprint density at radius 3 is 2.34 bits per heavy atom. The van der Waals surface area contributed by atoms with Crippen LogP contribution in [0.3, 0.4) is 0 Å². The Morgan fingerprint density at radius 1 is 1.03 bits per heavy atom. The number of aromatic nitrogens is 1. The van der Waals surface area contributed by atoms with Gasteiger partial charge in [0, 0.05) is 23.5 Å². The molecule has 0 unspecified atom stereocenters. The monoisotopic (exact) mass is 452 g/mol. The second-order valence-corrected chi connectivity index (χ2v) is 7.98. The highest BCUT2D eigenvalue weighted by Gasteiger charge is 2.11. The van der Waals surface area contributed by atoms with Crippen molar-refractivity contribution in [1.82, 2.24) is 9.88 Å². The Morgan fingerprint density at radius 2 is 1.69 bits per heavy atom. The zero-order chi connectivity index (χ0) is 22.9. The number of halogens is 1. The molecule has 2 aromatic carbocycles. The van der Waals surface area contributed by atoms with Crippen molar-refractivity contribution >= 4 is 39.5 Å². The number of anilines is 3. The van der Waals surface area contributed by atoms with Gasteiger partial charge in [0.05, 0.1) is 6.20 Å². The SMILES string of the molecule is CCN(CC)C/C=C/C(=O)c1ccc(Nc2ncc(C(=O)Nc3ccc(F)cc3)s2)cc1. The summed E-state index contributed by atoms with van der Waals surface area (Å²) in [6, 6.07) is 12.7. The third-order valence-electron chi connectivity index (χ3n) is 4.78. The van der Waals surface area contributed by atoms with Crippen LogP contribution < -0.4 is 10.6 Å². The lowest BCUT2D eigenvalue weighted by molar-refractivity contribution is 0.102. The summed E-state index contributed by atoms with van der Waals surface area (Å²) in [5, 5.41) is 6.38. The van der Waals surface area contributed by atoms with Gasteiger partial charge in [-0.25, -0.2) is 9.37 Å². The van der Waals surface area contributed by atoms with Crippen LogP contribution in [0.5, 0.6) is 0 Å². The van der Waals surface area contributed by atoms with E-state index >= 15 is 0 Å². The molecule has 1 heterocycles. The smallest absolute Gasteiger partial charge is 0.267 e. The number of thiazole rings is 1. The number of carbonyl (C=O) groups is 2. The van der Waals surface area contributed by atoms with Crippen LogP contribution in [0.2, 0.25) is 0 Å².